The van der Waals surface area contributed by atoms with Gasteiger partial charge in [0.05, 0.1) is 16.7 Å². The van der Waals surface area contributed by atoms with E-state index in [2.05, 4.69) is 217 Å². The fourth-order valence-corrected chi connectivity index (χ4v) is 10.0. The molecule has 3 nitrogen and oxygen atoms in total. The lowest BCUT2D eigenvalue weighted by Crippen LogP contribution is -1.97. The normalized spacial score (nSPS) is 11.8. The van der Waals surface area contributed by atoms with Crippen LogP contribution in [-0.4, -0.2) is 4.57 Å². The molecule has 0 saturated heterocycles. The first-order valence-corrected chi connectivity index (χ1v) is 21.5. The molecule has 0 amide bonds. The van der Waals surface area contributed by atoms with Crippen LogP contribution in [0.5, 0.6) is 0 Å². The molecule has 63 heavy (non-hydrogen) atoms. The van der Waals surface area contributed by atoms with Crippen molar-refractivity contribution >= 4 is 65.7 Å². The van der Waals surface area contributed by atoms with Crippen LogP contribution in [0, 0.1) is 0 Å². The fourth-order valence-electron chi connectivity index (χ4n) is 10.0. The summed E-state index contributed by atoms with van der Waals surface area (Å²) in [7, 11) is 0. The Balaban J connectivity index is 1.06. The quantitative estimate of drug-likeness (QED) is 0.168. The minimum Gasteiger partial charge on any atom is -0.455 e. The van der Waals surface area contributed by atoms with E-state index in [4.69, 9.17) is 8.83 Å². The first-order valence-electron chi connectivity index (χ1n) is 21.5. The van der Waals surface area contributed by atoms with Crippen LogP contribution in [0.15, 0.2) is 233 Å². The Morgan fingerprint density at radius 2 is 0.667 bits per heavy atom. The minimum absolute atomic E-state index is 0.891. The lowest BCUT2D eigenvalue weighted by molar-refractivity contribution is 0.669. The van der Waals surface area contributed by atoms with Crippen LogP contribution in [0.2, 0.25) is 0 Å². The molecule has 0 aliphatic carbocycles. The minimum atomic E-state index is 0.891. The predicted octanol–water partition coefficient (Wildman–Crippen LogP) is 16.9. The highest BCUT2D eigenvalue weighted by Gasteiger charge is 2.22. The Kier molecular flexibility index (Phi) is 7.91. The molecular weight excluding hydrogens is 767 g/mol. The second kappa shape index (κ2) is 14.1. The number of benzene rings is 10. The zero-order valence-corrected chi connectivity index (χ0v) is 34.1. The van der Waals surface area contributed by atoms with E-state index in [1.165, 1.54) is 33.0 Å². The standard InChI is InChI=1S/C60H37NO2/c1-2-16-38(17-3-1)41-18-4-5-19-42(41)39-32-34-55-52(36-39)53-37-40(43-20-6-7-21-44(43)48-25-14-27-50-46-23-9-12-30-57(46)62-59(48)50)33-35-56(53)61(55)54-29-11-8-22-45(54)49-26-15-28-51-47-24-10-13-31-58(47)63-60(49)51/h1-37H. The van der Waals surface area contributed by atoms with Crippen molar-refractivity contribution in [2.45, 2.75) is 0 Å². The molecule has 0 aliphatic rings. The molecule has 10 aromatic carbocycles. The summed E-state index contributed by atoms with van der Waals surface area (Å²) in [5.41, 5.74) is 18.4. The van der Waals surface area contributed by atoms with Gasteiger partial charge >= 0.3 is 0 Å². The van der Waals surface area contributed by atoms with Gasteiger partial charge in [0.25, 0.3) is 0 Å². The molecule has 0 N–H and O–H groups in total. The summed E-state index contributed by atoms with van der Waals surface area (Å²) in [4.78, 5) is 0. The lowest BCUT2D eigenvalue weighted by Gasteiger charge is -2.15. The molecule has 0 bridgehead atoms. The molecule has 3 aromatic heterocycles. The summed E-state index contributed by atoms with van der Waals surface area (Å²) >= 11 is 0. The van der Waals surface area contributed by atoms with Crippen molar-refractivity contribution in [3.63, 3.8) is 0 Å². The summed E-state index contributed by atoms with van der Waals surface area (Å²) in [6, 6.07) is 80.4. The van der Waals surface area contributed by atoms with Gasteiger partial charge in [-0.15, -0.1) is 0 Å². The van der Waals surface area contributed by atoms with Gasteiger partial charge in [0.1, 0.15) is 22.3 Å². The van der Waals surface area contributed by atoms with E-state index < -0.39 is 0 Å². The van der Waals surface area contributed by atoms with E-state index in [-0.39, 0.29) is 0 Å². The molecule has 13 rings (SSSR count). The molecule has 0 fully saturated rings. The fraction of sp³-hybridized carbons (Fsp3) is 0. The Morgan fingerprint density at radius 3 is 1.25 bits per heavy atom. The van der Waals surface area contributed by atoms with Gasteiger partial charge in [-0.3, -0.25) is 0 Å². The number of furan rings is 2. The number of hydrogen-bond acceptors (Lipinski definition) is 2. The molecule has 0 aliphatic heterocycles. The number of fused-ring (bicyclic) bond motifs is 9. The van der Waals surface area contributed by atoms with E-state index >= 15 is 0 Å². The number of para-hydroxylation sites is 5. The van der Waals surface area contributed by atoms with Gasteiger partial charge < -0.3 is 13.4 Å². The topological polar surface area (TPSA) is 31.2 Å². The maximum Gasteiger partial charge on any atom is 0.143 e. The molecule has 0 radical (unpaired) electrons. The molecule has 13 aromatic rings. The van der Waals surface area contributed by atoms with E-state index in [9.17, 15) is 0 Å². The van der Waals surface area contributed by atoms with E-state index in [1.807, 2.05) is 12.1 Å². The third kappa shape index (κ3) is 5.53. The van der Waals surface area contributed by atoms with Crippen molar-refractivity contribution in [2.75, 3.05) is 0 Å². The number of aromatic nitrogens is 1. The third-order valence-corrected chi connectivity index (χ3v) is 12.9. The van der Waals surface area contributed by atoms with Gasteiger partial charge in [-0.1, -0.05) is 182 Å². The summed E-state index contributed by atoms with van der Waals surface area (Å²) < 4.78 is 15.7. The highest BCUT2D eigenvalue weighted by Crippen LogP contribution is 2.45. The summed E-state index contributed by atoms with van der Waals surface area (Å²) in [6.45, 7) is 0. The van der Waals surface area contributed by atoms with Crippen molar-refractivity contribution in [3.8, 4) is 61.3 Å². The molecule has 0 spiro atoms. The van der Waals surface area contributed by atoms with Crippen molar-refractivity contribution in [3.05, 3.63) is 224 Å². The van der Waals surface area contributed by atoms with Gasteiger partial charge in [0.2, 0.25) is 0 Å². The molecule has 294 valence electrons. The highest BCUT2D eigenvalue weighted by molar-refractivity contribution is 6.15. The number of rotatable bonds is 6. The highest BCUT2D eigenvalue weighted by atomic mass is 16.3. The molecule has 3 heteroatoms. The van der Waals surface area contributed by atoms with Crippen molar-refractivity contribution in [1.29, 1.82) is 0 Å². The van der Waals surface area contributed by atoms with Gasteiger partial charge in [0.15, 0.2) is 0 Å². The van der Waals surface area contributed by atoms with Crippen LogP contribution in [0.1, 0.15) is 0 Å². The molecule has 0 saturated carbocycles. The summed E-state index contributed by atoms with van der Waals surface area (Å²) in [5, 5.41) is 6.84. The van der Waals surface area contributed by atoms with Crippen LogP contribution in [0.25, 0.3) is 127 Å². The lowest BCUT2D eigenvalue weighted by atomic mass is 9.92. The second-order valence-corrected chi connectivity index (χ2v) is 16.3. The van der Waals surface area contributed by atoms with Gasteiger partial charge in [-0.2, -0.15) is 0 Å². The maximum atomic E-state index is 6.64. The summed E-state index contributed by atoms with van der Waals surface area (Å²) in [6.07, 6.45) is 0. The first kappa shape index (κ1) is 35.4. The van der Waals surface area contributed by atoms with Crippen LogP contribution < -0.4 is 0 Å². The Bertz CT molecular complexity index is 3920. The van der Waals surface area contributed by atoms with E-state index in [1.54, 1.807) is 0 Å². The average Bonchev–Trinajstić information content (AvgIpc) is 4.04. The monoisotopic (exact) mass is 803 g/mol. The first-order chi connectivity index (χ1) is 31.3. The summed E-state index contributed by atoms with van der Waals surface area (Å²) in [5.74, 6) is 0. The maximum absolute atomic E-state index is 6.64. The molecule has 0 atom stereocenters. The molecule has 0 unspecified atom stereocenters. The average molecular weight is 804 g/mol. The smallest absolute Gasteiger partial charge is 0.143 e. The third-order valence-electron chi connectivity index (χ3n) is 12.9. The zero-order chi connectivity index (χ0) is 41.4. The number of hydrogen-bond donors (Lipinski definition) is 0. The Hall–Kier alpha value is -8.40. The molecule has 3 heterocycles. The van der Waals surface area contributed by atoms with E-state index in [0.29, 0.717) is 0 Å². The SMILES string of the molecule is c1ccc(-c2ccccc2-c2ccc3c(c2)c2cc(-c4ccccc4-c4cccc5c4oc4ccccc45)ccc2n3-c2ccccc2-c2cccc3c2oc2ccccc23)cc1. The van der Waals surface area contributed by atoms with Gasteiger partial charge in [-0.05, 0) is 81.4 Å². The zero-order valence-electron chi connectivity index (χ0n) is 34.1. The number of nitrogens with zero attached hydrogens (tertiary/aromatic N) is 1. The van der Waals surface area contributed by atoms with Crippen molar-refractivity contribution in [2.24, 2.45) is 0 Å². The van der Waals surface area contributed by atoms with Gasteiger partial charge in [-0.25, -0.2) is 0 Å². The van der Waals surface area contributed by atoms with E-state index in [0.717, 1.165) is 94.0 Å². The molecular formula is C60H37NO2. The largest absolute Gasteiger partial charge is 0.455 e. The second-order valence-electron chi connectivity index (χ2n) is 16.3. The Morgan fingerprint density at radius 1 is 0.254 bits per heavy atom. The van der Waals surface area contributed by atoms with Crippen LogP contribution in [0.4, 0.5) is 0 Å². The van der Waals surface area contributed by atoms with Crippen molar-refractivity contribution < 1.29 is 8.83 Å². The van der Waals surface area contributed by atoms with Crippen LogP contribution in [0.3, 0.4) is 0 Å². The van der Waals surface area contributed by atoms with Crippen molar-refractivity contribution in [1.82, 2.24) is 4.57 Å². The van der Waals surface area contributed by atoms with Gasteiger partial charge in [0, 0.05) is 49.0 Å². The predicted molar refractivity (Wildman–Crippen MR) is 263 cm³/mol. The Labute approximate surface area is 363 Å². The van der Waals surface area contributed by atoms with Crippen LogP contribution >= 0.6 is 0 Å². The van der Waals surface area contributed by atoms with Crippen LogP contribution in [-0.2, 0) is 0 Å².